The van der Waals surface area contributed by atoms with Crippen molar-refractivity contribution in [2.24, 2.45) is 0 Å². The minimum absolute atomic E-state index is 0.00836. The van der Waals surface area contributed by atoms with Crippen LogP contribution in [0.15, 0.2) is 60.7 Å². The summed E-state index contributed by atoms with van der Waals surface area (Å²) in [5.74, 6) is -0.554. The monoisotopic (exact) mass is 557 g/mol. The predicted molar refractivity (Wildman–Crippen MR) is 151 cm³/mol. The van der Waals surface area contributed by atoms with Gasteiger partial charge >= 0.3 is 0 Å². The molecule has 2 aliphatic rings. The average Bonchev–Trinajstić information content (AvgIpc) is 3.61. The number of methoxy groups -OCH3 is 2. The summed E-state index contributed by atoms with van der Waals surface area (Å²) < 4.78 is 16.2. The zero-order valence-electron chi connectivity index (χ0n) is 22.9. The van der Waals surface area contributed by atoms with Gasteiger partial charge in [-0.25, -0.2) is 0 Å². The number of para-hydroxylation sites is 1. The number of amides is 4. The van der Waals surface area contributed by atoms with E-state index in [-0.39, 0.29) is 35.2 Å². The van der Waals surface area contributed by atoms with Crippen LogP contribution in [0.1, 0.15) is 59.8 Å². The lowest BCUT2D eigenvalue weighted by atomic mass is 10.0. The SMILES string of the molecule is COc1ccc(CCN2C(=O)c3ccc(C(=O)Nc4ccccc4C(=O)NCC4CCCO4)cc3C2=O)cc1OC. The second-order valence-electron chi connectivity index (χ2n) is 9.81. The normalized spacial score (nSPS) is 16.0. The molecule has 2 aliphatic heterocycles. The summed E-state index contributed by atoms with van der Waals surface area (Å²) in [6.45, 7) is 1.25. The zero-order valence-corrected chi connectivity index (χ0v) is 22.9. The van der Waals surface area contributed by atoms with Gasteiger partial charge in [0.25, 0.3) is 23.6 Å². The number of carbonyl (C=O) groups is 4. The van der Waals surface area contributed by atoms with Gasteiger partial charge in [-0.2, -0.15) is 0 Å². The molecule has 1 fully saturated rings. The number of ether oxygens (including phenoxy) is 3. The summed E-state index contributed by atoms with van der Waals surface area (Å²) in [6, 6.07) is 16.5. The smallest absolute Gasteiger partial charge is 0.261 e. The molecule has 0 radical (unpaired) electrons. The van der Waals surface area contributed by atoms with E-state index in [9.17, 15) is 19.2 Å². The molecule has 0 spiro atoms. The fourth-order valence-corrected chi connectivity index (χ4v) is 5.00. The van der Waals surface area contributed by atoms with E-state index in [0.717, 1.165) is 18.4 Å². The molecule has 1 atom stereocenters. The molecule has 1 saturated heterocycles. The van der Waals surface area contributed by atoms with Gasteiger partial charge in [-0.1, -0.05) is 18.2 Å². The number of hydrogen-bond donors (Lipinski definition) is 2. The highest BCUT2D eigenvalue weighted by Gasteiger charge is 2.35. The third-order valence-corrected chi connectivity index (χ3v) is 7.24. The van der Waals surface area contributed by atoms with Crippen LogP contribution in [-0.4, -0.2) is 68.5 Å². The van der Waals surface area contributed by atoms with Crippen LogP contribution in [0.2, 0.25) is 0 Å². The van der Waals surface area contributed by atoms with Crippen LogP contribution >= 0.6 is 0 Å². The van der Waals surface area contributed by atoms with Gasteiger partial charge in [-0.05, 0) is 67.3 Å². The highest BCUT2D eigenvalue weighted by Crippen LogP contribution is 2.29. The topological polar surface area (TPSA) is 123 Å². The Labute approximate surface area is 237 Å². The molecule has 41 heavy (non-hydrogen) atoms. The van der Waals surface area contributed by atoms with Crippen molar-refractivity contribution >= 4 is 29.3 Å². The highest BCUT2D eigenvalue weighted by molar-refractivity contribution is 6.22. The molecule has 5 rings (SSSR count). The number of hydrogen-bond acceptors (Lipinski definition) is 7. The molecule has 10 heteroatoms. The molecule has 3 aromatic carbocycles. The van der Waals surface area contributed by atoms with Crippen molar-refractivity contribution in [2.45, 2.75) is 25.4 Å². The van der Waals surface area contributed by atoms with Crippen molar-refractivity contribution < 1.29 is 33.4 Å². The molecular weight excluding hydrogens is 526 g/mol. The van der Waals surface area contributed by atoms with E-state index in [4.69, 9.17) is 14.2 Å². The second-order valence-corrected chi connectivity index (χ2v) is 9.81. The first-order chi connectivity index (χ1) is 19.9. The standard InChI is InChI=1S/C31H31N3O7/c1-39-26-12-9-19(16-27(26)40-2)13-14-34-30(37)22-11-10-20(17-24(22)31(34)38)28(35)33-25-8-4-3-7-23(25)29(36)32-18-21-6-5-15-41-21/h3-4,7-12,16-17,21H,5-6,13-15,18H2,1-2H3,(H,32,36)(H,33,35). The Bertz CT molecular complexity index is 1500. The summed E-state index contributed by atoms with van der Waals surface area (Å²) in [6.07, 6.45) is 2.28. The average molecular weight is 558 g/mol. The van der Waals surface area contributed by atoms with Gasteiger partial charge in [0.15, 0.2) is 11.5 Å². The van der Waals surface area contributed by atoms with Crippen LogP contribution in [0.25, 0.3) is 0 Å². The Morgan fingerprint density at radius 2 is 1.71 bits per heavy atom. The molecule has 2 N–H and O–H groups in total. The van der Waals surface area contributed by atoms with E-state index in [1.807, 2.05) is 6.07 Å². The third kappa shape index (κ3) is 5.92. The van der Waals surface area contributed by atoms with Crippen molar-refractivity contribution in [3.05, 3.63) is 88.5 Å². The number of benzene rings is 3. The van der Waals surface area contributed by atoms with Crippen LogP contribution in [0.5, 0.6) is 11.5 Å². The third-order valence-electron chi connectivity index (χ3n) is 7.24. The summed E-state index contributed by atoms with van der Waals surface area (Å²) >= 11 is 0. The molecule has 1 unspecified atom stereocenters. The van der Waals surface area contributed by atoms with Gasteiger partial charge in [-0.3, -0.25) is 24.1 Å². The maximum atomic E-state index is 13.2. The molecular formula is C31H31N3O7. The maximum absolute atomic E-state index is 13.2. The van der Waals surface area contributed by atoms with E-state index in [0.29, 0.717) is 42.3 Å². The van der Waals surface area contributed by atoms with E-state index >= 15 is 0 Å². The molecule has 0 aromatic heterocycles. The number of anilines is 1. The van der Waals surface area contributed by atoms with E-state index in [1.165, 1.54) is 23.1 Å². The first kappa shape index (κ1) is 27.9. The lowest BCUT2D eigenvalue weighted by Gasteiger charge is -2.15. The molecule has 0 saturated carbocycles. The molecule has 2 heterocycles. The van der Waals surface area contributed by atoms with Gasteiger partial charge in [0.05, 0.1) is 42.7 Å². The fraction of sp³-hybridized carbons (Fsp3) is 0.290. The van der Waals surface area contributed by atoms with Crippen LogP contribution in [-0.2, 0) is 11.2 Å². The van der Waals surface area contributed by atoms with Crippen molar-refractivity contribution in [3.8, 4) is 11.5 Å². The van der Waals surface area contributed by atoms with E-state index in [2.05, 4.69) is 10.6 Å². The van der Waals surface area contributed by atoms with Crippen LogP contribution in [0, 0.1) is 0 Å². The zero-order chi connectivity index (χ0) is 28.9. The Morgan fingerprint density at radius 3 is 2.46 bits per heavy atom. The molecule has 0 aliphatic carbocycles. The minimum Gasteiger partial charge on any atom is -0.493 e. The molecule has 10 nitrogen and oxygen atoms in total. The van der Waals surface area contributed by atoms with Gasteiger partial charge in [0.2, 0.25) is 0 Å². The second kappa shape index (κ2) is 12.2. The van der Waals surface area contributed by atoms with Gasteiger partial charge < -0.3 is 24.8 Å². The van der Waals surface area contributed by atoms with Gasteiger partial charge in [0, 0.05) is 25.3 Å². The summed E-state index contributed by atoms with van der Waals surface area (Å²) in [7, 11) is 3.09. The number of fused-ring (bicyclic) bond motifs is 1. The minimum atomic E-state index is -0.504. The van der Waals surface area contributed by atoms with Crippen molar-refractivity contribution in [1.29, 1.82) is 0 Å². The quantitative estimate of drug-likeness (QED) is 0.365. The number of imide groups is 1. The summed E-state index contributed by atoms with van der Waals surface area (Å²) in [4.78, 5) is 53.3. The predicted octanol–water partition coefficient (Wildman–Crippen LogP) is 3.70. The van der Waals surface area contributed by atoms with Gasteiger partial charge in [0.1, 0.15) is 0 Å². The number of carbonyl (C=O) groups excluding carboxylic acids is 4. The Hall–Kier alpha value is -4.70. The molecule has 3 aromatic rings. The fourth-order valence-electron chi connectivity index (χ4n) is 5.00. The molecule has 212 valence electrons. The Morgan fingerprint density at radius 1 is 0.927 bits per heavy atom. The molecule has 4 amide bonds. The van der Waals surface area contributed by atoms with Crippen molar-refractivity contribution in [1.82, 2.24) is 10.2 Å². The Kier molecular flexibility index (Phi) is 8.30. The summed E-state index contributed by atoms with van der Waals surface area (Å²) in [5.41, 5.74) is 2.12. The molecule has 0 bridgehead atoms. The van der Waals surface area contributed by atoms with Crippen LogP contribution < -0.4 is 20.1 Å². The number of rotatable bonds is 10. The van der Waals surface area contributed by atoms with Crippen LogP contribution in [0.3, 0.4) is 0 Å². The van der Waals surface area contributed by atoms with Crippen molar-refractivity contribution in [2.75, 3.05) is 39.2 Å². The summed E-state index contributed by atoms with van der Waals surface area (Å²) in [5, 5.41) is 5.63. The largest absolute Gasteiger partial charge is 0.493 e. The lowest BCUT2D eigenvalue weighted by Crippen LogP contribution is -2.32. The van der Waals surface area contributed by atoms with Crippen molar-refractivity contribution in [3.63, 3.8) is 0 Å². The van der Waals surface area contributed by atoms with Gasteiger partial charge in [-0.15, -0.1) is 0 Å². The lowest BCUT2D eigenvalue weighted by molar-refractivity contribution is 0.0655. The first-order valence-electron chi connectivity index (χ1n) is 13.4. The van der Waals surface area contributed by atoms with E-state index in [1.54, 1.807) is 50.6 Å². The highest BCUT2D eigenvalue weighted by atomic mass is 16.5. The number of nitrogens with one attached hydrogen (secondary N) is 2. The van der Waals surface area contributed by atoms with Crippen LogP contribution in [0.4, 0.5) is 5.69 Å². The number of nitrogens with zero attached hydrogens (tertiary/aromatic N) is 1. The first-order valence-corrected chi connectivity index (χ1v) is 13.4. The maximum Gasteiger partial charge on any atom is 0.261 e. The van der Waals surface area contributed by atoms with E-state index < -0.39 is 17.7 Å². The Balaban J connectivity index is 1.26.